The predicted octanol–water partition coefficient (Wildman–Crippen LogP) is 3.63. The van der Waals surface area contributed by atoms with E-state index in [1.165, 1.54) is 12.1 Å². The molecule has 0 radical (unpaired) electrons. The maximum absolute atomic E-state index is 12.8. The van der Waals surface area contributed by atoms with Crippen molar-refractivity contribution in [3.05, 3.63) is 69.8 Å². The van der Waals surface area contributed by atoms with Gasteiger partial charge in [-0.1, -0.05) is 26.0 Å². The number of nitrogens with zero attached hydrogens (tertiary/aromatic N) is 1. The third-order valence-electron chi connectivity index (χ3n) is 4.60. The first-order valence-corrected chi connectivity index (χ1v) is 9.81. The second kappa shape index (κ2) is 10.4. The number of nitro groups is 1. The van der Waals surface area contributed by atoms with Crippen molar-refractivity contribution >= 4 is 17.5 Å². The van der Waals surface area contributed by atoms with Gasteiger partial charge < -0.3 is 15.4 Å². The molecule has 2 rings (SSSR count). The summed E-state index contributed by atoms with van der Waals surface area (Å²) in [7, 11) is 0. The Morgan fingerprint density at radius 1 is 1.07 bits per heavy atom. The number of ether oxygens (including phenoxy) is 1. The molecule has 0 aromatic heterocycles. The molecule has 8 nitrogen and oxygen atoms in total. The van der Waals surface area contributed by atoms with Crippen molar-refractivity contribution in [3.63, 3.8) is 0 Å². The Morgan fingerprint density at radius 3 is 2.30 bits per heavy atom. The maximum atomic E-state index is 12.8. The summed E-state index contributed by atoms with van der Waals surface area (Å²) in [6.45, 7) is 7.81. The Balaban J connectivity index is 2.07. The van der Waals surface area contributed by atoms with Crippen LogP contribution >= 0.6 is 0 Å². The number of rotatable bonds is 9. The molecule has 2 aromatic rings. The van der Waals surface area contributed by atoms with Crippen LogP contribution in [0.15, 0.2) is 48.5 Å². The molecule has 30 heavy (non-hydrogen) atoms. The molecule has 0 aliphatic heterocycles. The summed E-state index contributed by atoms with van der Waals surface area (Å²) in [4.78, 5) is 35.9. The van der Waals surface area contributed by atoms with Crippen LogP contribution in [0.2, 0.25) is 0 Å². The summed E-state index contributed by atoms with van der Waals surface area (Å²) in [6.07, 6.45) is 0. The van der Waals surface area contributed by atoms with Crippen molar-refractivity contribution in [1.29, 1.82) is 0 Å². The summed E-state index contributed by atoms with van der Waals surface area (Å²) in [5, 5.41) is 16.6. The van der Waals surface area contributed by atoms with E-state index >= 15 is 0 Å². The lowest BCUT2D eigenvalue weighted by Crippen LogP contribution is -2.50. The van der Waals surface area contributed by atoms with Gasteiger partial charge in [0.05, 0.1) is 17.6 Å². The number of non-ortho nitro benzene ring substituents is 1. The molecule has 0 saturated carbocycles. The van der Waals surface area contributed by atoms with Gasteiger partial charge in [-0.3, -0.25) is 19.7 Å². The smallest absolute Gasteiger partial charge is 0.269 e. The first-order valence-electron chi connectivity index (χ1n) is 9.81. The molecule has 8 heteroatoms. The third kappa shape index (κ3) is 6.04. The summed E-state index contributed by atoms with van der Waals surface area (Å²) in [6, 6.07) is 11.6. The van der Waals surface area contributed by atoms with Gasteiger partial charge in [-0.15, -0.1) is 0 Å². The van der Waals surface area contributed by atoms with Gasteiger partial charge in [-0.05, 0) is 49.6 Å². The molecule has 0 aliphatic carbocycles. The van der Waals surface area contributed by atoms with Crippen molar-refractivity contribution in [1.82, 2.24) is 10.6 Å². The van der Waals surface area contributed by atoms with E-state index in [0.29, 0.717) is 23.5 Å². The fourth-order valence-electron chi connectivity index (χ4n) is 2.92. The highest BCUT2D eigenvalue weighted by molar-refractivity contribution is 5.97. The first kappa shape index (κ1) is 22.9. The molecule has 0 saturated heterocycles. The van der Waals surface area contributed by atoms with E-state index < -0.39 is 17.0 Å². The largest absolute Gasteiger partial charge is 0.494 e. The number of amides is 2. The Kier molecular flexibility index (Phi) is 7.91. The van der Waals surface area contributed by atoms with E-state index in [4.69, 9.17) is 4.74 Å². The average Bonchev–Trinajstić information content (AvgIpc) is 2.72. The summed E-state index contributed by atoms with van der Waals surface area (Å²) in [5.41, 5.74) is 0.986. The number of hydrogen-bond donors (Lipinski definition) is 2. The Morgan fingerprint density at radius 2 is 1.73 bits per heavy atom. The number of carbonyl (C=O) groups excluding carboxylic acids is 2. The minimum Gasteiger partial charge on any atom is -0.494 e. The van der Waals surface area contributed by atoms with E-state index in [9.17, 15) is 19.7 Å². The lowest BCUT2D eigenvalue weighted by molar-refractivity contribution is -0.384. The van der Waals surface area contributed by atoms with Gasteiger partial charge in [0, 0.05) is 17.7 Å². The number of benzene rings is 2. The molecule has 0 aliphatic rings. The molecule has 2 unspecified atom stereocenters. The summed E-state index contributed by atoms with van der Waals surface area (Å²) < 4.78 is 5.37. The van der Waals surface area contributed by atoms with Gasteiger partial charge in [0.15, 0.2) is 0 Å². The van der Waals surface area contributed by atoms with Crippen LogP contribution in [0.3, 0.4) is 0 Å². The van der Waals surface area contributed by atoms with E-state index in [1.54, 1.807) is 43.3 Å². The fraction of sp³-hybridized carbons (Fsp3) is 0.364. The molecule has 2 atom stereocenters. The van der Waals surface area contributed by atoms with Crippen LogP contribution in [0.5, 0.6) is 5.75 Å². The molecule has 0 bridgehead atoms. The molecule has 2 amide bonds. The second-order valence-electron chi connectivity index (χ2n) is 7.23. The predicted molar refractivity (Wildman–Crippen MR) is 113 cm³/mol. The molecule has 2 aromatic carbocycles. The average molecular weight is 413 g/mol. The van der Waals surface area contributed by atoms with Gasteiger partial charge in [-0.25, -0.2) is 0 Å². The van der Waals surface area contributed by atoms with Gasteiger partial charge >= 0.3 is 0 Å². The second-order valence-corrected chi connectivity index (χ2v) is 7.23. The van der Waals surface area contributed by atoms with Crippen molar-refractivity contribution in [2.24, 2.45) is 5.92 Å². The zero-order chi connectivity index (χ0) is 22.3. The number of nitrogens with one attached hydrogen (secondary N) is 2. The molecular weight excluding hydrogens is 386 g/mol. The zero-order valence-corrected chi connectivity index (χ0v) is 17.5. The van der Waals surface area contributed by atoms with Crippen molar-refractivity contribution < 1.29 is 19.2 Å². The maximum Gasteiger partial charge on any atom is 0.269 e. The van der Waals surface area contributed by atoms with Crippen LogP contribution < -0.4 is 15.4 Å². The van der Waals surface area contributed by atoms with Crippen LogP contribution in [0.1, 0.15) is 49.7 Å². The van der Waals surface area contributed by atoms with Crippen LogP contribution in [-0.4, -0.2) is 29.4 Å². The molecule has 0 heterocycles. The zero-order valence-electron chi connectivity index (χ0n) is 17.5. The van der Waals surface area contributed by atoms with Crippen molar-refractivity contribution in [2.45, 2.75) is 39.8 Å². The lowest BCUT2D eigenvalue weighted by Gasteiger charge is -2.24. The molecule has 2 N–H and O–H groups in total. The quantitative estimate of drug-likeness (QED) is 0.482. The molecule has 0 spiro atoms. The van der Waals surface area contributed by atoms with Crippen LogP contribution in [0, 0.1) is 16.0 Å². The highest BCUT2D eigenvalue weighted by atomic mass is 16.6. The Hall–Kier alpha value is -3.42. The highest BCUT2D eigenvalue weighted by Crippen LogP contribution is 2.19. The van der Waals surface area contributed by atoms with Crippen LogP contribution in [-0.2, 0) is 4.79 Å². The van der Waals surface area contributed by atoms with Gasteiger partial charge in [-0.2, -0.15) is 0 Å². The Labute approximate surface area is 175 Å². The first-order chi connectivity index (χ1) is 14.2. The summed E-state index contributed by atoms with van der Waals surface area (Å²) >= 11 is 0. The van der Waals surface area contributed by atoms with Gasteiger partial charge in [0.2, 0.25) is 5.91 Å². The monoisotopic (exact) mass is 413 g/mol. The van der Waals surface area contributed by atoms with Gasteiger partial charge in [0.25, 0.3) is 11.6 Å². The fourth-order valence-corrected chi connectivity index (χ4v) is 2.92. The topological polar surface area (TPSA) is 111 Å². The van der Waals surface area contributed by atoms with Crippen molar-refractivity contribution in [3.8, 4) is 5.75 Å². The minimum atomic E-state index is -0.759. The van der Waals surface area contributed by atoms with E-state index in [1.807, 2.05) is 20.8 Å². The van der Waals surface area contributed by atoms with E-state index in [2.05, 4.69) is 10.6 Å². The molecular formula is C22H27N3O5. The van der Waals surface area contributed by atoms with Crippen LogP contribution in [0.4, 0.5) is 5.69 Å². The van der Waals surface area contributed by atoms with E-state index in [-0.39, 0.29) is 23.4 Å². The highest BCUT2D eigenvalue weighted by Gasteiger charge is 2.26. The van der Waals surface area contributed by atoms with Gasteiger partial charge in [0.1, 0.15) is 11.8 Å². The lowest BCUT2D eigenvalue weighted by atomic mass is 10.0. The number of nitro benzene ring substituents is 1. The van der Waals surface area contributed by atoms with E-state index in [0.717, 1.165) is 0 Å². The van der Waals surface area contributed by atoms with Crippen molar-refractivity contribution in [2.75, 3.05) is 6.61 Å². The third-order valence-corrected chi connectivity index (χ3v) is 4.60. The minimum absolute atomic E-state index is 0.0437. The number of hydrogen-bond acceptors (Lipinski definition) is 5. The Bertz CT molecular complexity index is 896. The SMILES string of the molecule is CCOc1ccc(C(=O)NC(C(=O)NC(C)c2cccc([N+](=O)[O-])c2)C(C)C)cc1. The normalized spacial score (nSPS) is 12.7. The van der Waals surface area contributed by atoms with Crippen LogP contribution in [0.25, 0.3) is 0 Å². The standard InChI is InChI=1S/C22H27N3O5/c1-5-30-19-11-9-16(10-12-19)21(26)24-20(14(2)3)22(27)23-15(4)17-7-6-8-18(13-17)25(28)29/h6-15,20H,5H2,1-4H3,(H,23,27)(H,24,26). The number of carbonyl (C=O) groups is 2. The molecule has 160 valence electrons. The summed E-state index contributed by atoms with van der Waals surface area (Å²) in [5.74, 6) is -0.217. The molecule has 0 fully saturated rings.